The van der Waals surface area contributed by atoms with E-state index >= 15 is 0 Å². The fourth-order valence-electron chi connectivity index (χ4n) is 3.89. The zero-order valence-corrected chi connectivity index (χ0v) is 17.0. The van der Waals surface area contributed by atoms with Crippen LogP contribution < -0.4 is 14.8 Å². The van der Waals surface area contributed by atoms with Crippen molar-refractivity contribution in [2.24, 2.45) is 5.92 Å². The number of fused-ring (bicyclic) bond motifs is 1. The lowest BCUT2D eigenvalue weighted by atomic mass is 9.83. The van der Waals surface area contributed by atoms with Crippen LogP contribution in [0.25, 0.3) is 0 Å². The van der Waals surface area contributed by atoms with Crippen molar-refractivity contribution in [1.29, 1.82) is 0 Å². The minimum atomic E-state index is -3.21. The van der Waals surface area contributed by atoms with Crippen molar-refractivity contribution in [2.75, 3.05) is 19.4 Å². The summed E-state index contributed by atoms with van der Waals surface area (Å²) in [7, 11) is -1.24. The quantitative estimate of drug-likeness (QED) is 0.715. The predicted molar refractivity (Wildman–Crippen MR) is 111 cm³/mol. The summed E-state index contributed by atoms with van der Waals surface area (Å²) in [6.45, 7) is 0.957. The first kappa shape index (κ1) is 19.4. The van der Waals surface area contributed by atoms with Gasteiger partial charge in [-0.15, -0.1) is 0 Å². The molecule has 6 heteroatoms. The van der Waals surface area contributed by atoms with E-state index in [4.69, 9.17) is 4.74 Å². The minimum absolute atomic E-state index is 0.217. The maximum Gasteiger partial charge on any atom is 0.212 e. The number of ether oxygens (including phenoxy) is 1. The summed E-state index contributed by atoms with van der Waals surface area (Å²) >= 11 is 0. The van der Waals surface area contributed by atoms with Gasteiger partial charge in [-0.25, -0.2) is 13.1 Å². The lowest BCUT2D eigenvalue weighted by molar-refractivity contribution is 0.218. The van der Waals surface area contributed by atoms with Crippen molar-refractivity contribution >= 4 is 10.0 Å². The van der Waals surface area contributed by atoms with E-state index in [2.05, 4.69) is 40.4 Å². The van der Waals surface area contributed by atoms with Gasteiger partial charge in [0, 0.05) is 18.5 Å². The average Bonchev–Trinajstić information content (AvgIpc) is 3.51. The molecule has 2 aromatic carbocycles. The van der Waals surface area contributed by atoms with Gasteiger partial charge in [-0.3, -0.25) is 0 Å². The summed E-state index contributed by atoms with van der Waals surface area (Å²) < 4.78 is 33.1. The standard InChI is InChI=1S/C22H28N2O3S/c1-23-21-14-27-22-10-9-18(13-24-28(25,26)15-17-7-8-17)12-20(22)19(21)11-16-5-3-2-4-6-16/h2-6,9-10,12,17,19,21,23-24H,7-8,11,13-15H2,1H3/t19-,21+/m0/s1. The Kier molecular flexibility index (Phi) is 5.71. The fourth-order valence-corrected chi connectivity index (χ4v) is 5.35. The Morgan fingerprint density at radius 3 is 2.57 bits per heavy atom. The van der Waals surface area contributed by atoms with Gasteiger partial charge in [-0.2, -0.15) is 0 Å². The second-order valence-electron chi connectivity index (χ2n) is 7.92. The Balaban J connectivity index is 1.53. The number of rotatable bonds is 8. The van der Waals surface area contributed by atoms with Gasteiger partial charge in [0.25, 0.3) is 0 Å². The van der Waals surface area contributed by atoms with E-state index in [9.17, 15) is 8.42 Å². The highest BCUT2D eigenvalue weighted by molar-refractivity contribution is 7.89. The first-order valence-electron chi connectivity index (χ1n) is 9.98. The summed E-state index contributed by atoms with van der Waals surface area (Å²) in [5.74, 6) is 1.77. The number of benzene rings is 2. The molecule has 0 aromatic heterocycles. The van der Waals surface area contributed by atoms with E-state index < -0.39 is 10.0 Å². The maximum absolute atomic E-state index is 12.2. The highest BCUT2D eigenvalue weighted by Gasteiger charge is 2.31. The third-order valence-corrected chi connectivity index (χ3v) is 7.19. The molecule has 2 N–H and O–H groups in total. The van der Waals surface area contributed by atoms with Gasteiger partial charge in [0.1, 0.15) is 12.4 Å². The van der Waals surface area contributed by atoms with Crippen LogP contribution in [-0.4, -0.2) is 33.9 Å². The van der Waals surface area contributed by atoms with Crippen LogP contribution in [0, 0.1) is 5.92 Å². The topological polar surface area (TPSA) is 67.4 Å². The van der Waals surface area contributed by atoms with E-state index in [0.717, 1.165) is 36.1 Å². The number of likely N-dealkylation sites (N-methyl/N-ethyl adjacent to an activating group) is 1. The summed E-state index contributed by atoms with van der Waals surface area (Å²) in [4.78, 5) is 0. The fraction of sp³-hybridized carbons (Fsp3) is 0.455. The molecule has 2 aliphatic rings. The van der Waals surface area contributed by atoms with Crippen LogP contribution in [0.15, 0.2) is 48.5 Å². The van der Waals surface area contributed by atoms with Gasteiger partial charge in [0.15, 0.2) is 0 Å². The molecule has 0 spiro atoms. The zero-order valence-electron chi connectivity index (χ0n) is 16.2. The van der Waals surface area contributed by atoms with Crippen LogP contribution in [0.5, 0.6) is 5.75 Å². The van der Waals surface area contributed by atoms with E-state index in [0.29, 0.717) is 19.1 Å². The van der Waals surface area contributed by atoms with Crippen LogP contribution >= 0.6 is 0 Å². The van der Waals surface area contributed by atoms with Crippen LogP contribution in [0.3, 0.4) is 0 Å². The van der Waals surface area contributed by atoms with Crippen LogP contribution in [0.1, 0.15) is 35.4 Å². The highest BCUT2D eigenvalue weighted by atomic mass is 32.2. The number of hydrogen-bond donors (Lipinski definition) is 2. The van der Waals surface area contributed by atoms with Crippen molar-refractivity contribution in [3.8, 4) is 5.75 Å². The predicted octanol–water partition coefficient (Wildman–Crippen LogP) is 2.82. The Bertz CT molecular complexity index is 911. The third-order valence-electron chi connectivity index (χ3n) is 5.70. The summed E-state index contributed by atoms with van der Waals surface area (Å²) in [6, 6.07) is 16.7. The van der Waals surface area contributed by atoms with E-state index in [1.165, 1.54) is 5.56 Å². The number of hydrogen-bond acceptors (Lipinski definition) is 4. The van der Waals surface area contributed by atoms with Gasteiger partial charge in [-0.05, 0) is 55.0 Å². The van der Waals surface area contributed by atoms with E-state index in [1.807, 2.05) is 25.2 Å². The molecule has 28 heavy (non-hydrogen) atoms. The maximum atomic E-state index is 12.2. The molecule has 0 saturated heterocycles. The van der Waals surface area contributed by atoms with Crippen molar-refractivity contribution in [2.45, 2.75) is 37.8 Å². The van der Waals surface area contributed by atoms with Crippen LogP contribution in [0.2, 0.25) is 0 Å². The van der Waals surface area contributed by atoms with Crippen molar-refractivity contribution < 1.29 is 13.2 Å². The Morgan fingerprint density at radius 2 is 1.86 bits per heavy atom. The molecule has 1 heterocycles. The summed E-state index contributed by atoms with van der Waals surface area (Å²) in [6.07, 6.45) is 2.98. The molecular weight excluding hydrogens is 372 g/mol. The molecule has 1 aliphatic carbocycles. The first-order chi connectivity index (χ1) is 13.5. The Labute approximate surface area is 167 Å². The van der Waals surface area contributed by atoms with Crippen LogP contribution in [-0.2, 0) is 23.0 Å². The summed E-state index contributed by atoms with van der Waals surface area (Å²) in [5, 5.41) is 3.38. The molecule has 0 bridgehead atoms. The number of nitrogens with one attached hydrogen (secondary N) is 2. The van der Waals surface area contributed by atoms with Gasteiger partial charge in [-0.1, -0.05) is 42.5 Å². The molecule has 5 nitrogen and oxygen atoms in total. The van der Waals surface area contributed by atoms with Crippen molar-refractivity contribution in [1.82, 2.24) is 10.0 Å². The molecule has 2 atom stereocenters. The highest BCUT2D eigenvalue weighted by Crippen LogP contribution is 2.37. The second-order valence-corrected chi connectivity index (χ2v) is 9.77. The third kappa shape index (κ3) is 4.74. The molecule has 0 radical (unpaired) electrons. The summed E-state index contributed by atoms with van der Waals surface area (Å²) in [5.41, 5.74) is 3.40. The smallest absolute Gasteiger partial charge is 0.212 e. The average molecular weight is 401 g/mol. The Hall–Kier alpha value is -1.89. The normalized spacial score (nSPS) is 21.8. The molecular formula is C22H28N2O3S. The van der Waals surface area contributed by atoms with E-state index in [1.54, 1.807) is 0 Å². The second kappa shape index (κ2) is 8.23. The van der Waals surface area contributed by atoms with Crippen molar-refractivity contribution in [3.05, 3.63) is 65.2 Å². The molecule has 0 unspecified atom stereocenters. The minimum Gasteiger partial charge on any atom is -0.492 e. The Morgan fingerprint density at radius 1 is 1.07 bits per heavy atom. The largest absolute Gasteiger partial charge is 0.492 e. The first-order valence-corrected chi connectivity index (χ1v) is 11.6. The van der Waals surface area contributed by atoms with Gasteiger partial charge in [0.2, 0.25) is 10.0 Å². The van der Waals surface area contributed by atoms with Gasteiger partial charge < -0.3 is 10.1 Å². The van der Waals surface area contributed by atoms with Crippen molar-refractivity contribution in [3.63, 3.8) is 0 Å². The zero-order chi connectivity index (χ0) is 19.6. The van der Waals surface area contributed by atoms with E-state index in [-0.39, 0.29) is 17.7 Å². The molecule has 4 rings (SSSR count). The molecule has 0 amide bonds. The molecule has 1 saturated carbocycles. The molecule has 2 aromatic rings. The van der Waals surface area contributed by atoms with Gasteiger partial charge in [0.05, 0.1) is 5.75 Å². The SMILES string of the molecule is CN[C@@H]1COc2ccc(CNS(=O)(=O)CC3CC3)cc2[C@@H]1Cc1ccccc1. The number of sulfonamides is 1. The van der Waals surface area contributed by atoms with Crippen LogP contribution in [0.4, 0.5) is 0 Å². The monoisotopic (exact) mass is 400 g/mol. The molecule has 1 aliphatic heterocycles. The lowest BCUT2D eigenvalue weighted by Crippen LogP contribution is -2.41. The molecule has 1 fully saturated rings. The lowest BCUT2D eigenvalue weighted by Gasteiger charge is -2.34. The van der Waals surface area contributed by atoms with Gasteiger partial charge >= 0.3 is 0 Å². The molecule has 150 valence electrons.